The lowest BCUT2D eigenvalue weighted by Gasteiger charge is -2.32. The van der Waals surface area contributed by atoms with Gasteiger partial charge in [0.25, 0.3) is 0 Å². The molecule has 20 heavy (non-hydrogen) atoms. The van der Waals surface area contributed by atoms with Crippen molar-refractivity contribution < 1.29 is 4.74 Å². The largest absolute Gasteiger partial charge is 0.482 e. The Hall–Kier alpha value is -1.76. The van der Waals surface area contributed by atoms with Crippen LogP contribution >= 0.6 is 0 Å². The maximum absolute atomic E-state index is 6.31. The van der Waals surface area contributed by atoms with Gasteiger partial charge in [-0.3, -0.25) is 0 Å². The minimum Gasteiger partial charge on any atom is -0.482 e. The Bertz CT molecular complexity index is 722. The van der Waals surface area contributed by atoms with Crippen molar-refractivity contribution in [1.82, 2.24) is 0 Å². The van der Waals surface area contributed by atoms with E-state index in [2.05, 4.69) is 50.3 Å². The van der Waals surface area contributed by atoms with E-state index in [-0.39, 0.29) is 5.60 Å². The predicted octanol–water partition coefficient (Wildman–Crippen LogP) is 4.90. The van der Waals surface area contributed by atoms with Crippen molar-refractivity contribution >= 4 is 16.8 Å². The van der Waals surface area contributed by atoms with Gasteiger partial charge in [0, 0.05) is 10.9 Å². The Morgan fingerprint density at radius 1 is 0.950 bits per heavy atom. The molecular weight excluding hydrogens is 244 g/mol. The summed E-state index contributed by atoms with van der Waals surface area (Å²) in [6, 6.07) is 8.73. The van der Waals surface area contributed by atoms with E-state index >= 15 is 0 Å². The maximum Gasteiger partial charge on any atom is 0.135 e. The Balaban J connectivity index is 2.11. The number of benzene rings is 2. The molecule has 102 valence electrons. The molecule has 0 atom stereocenters. The van der Waals surface area contributed by atoms with Crippen LogP contribution in [0.15, 0.2) is 30.3 Å². The number of rotatable bonds is 0. The molecule has 1 aliphatic heterocycles. The summed E-state index contributed by atoms with van der Waals surface area (Å²) in [5, 5.41) is 2.67. The van der Waals surface area contributed by atoms with Crippen LogP contribution in [-0.4, -0.2) is 5.60 Å². The van der Waals surface area contributed by atoms with E-state index in [0.29, 0.717) is 0 Å². The van der Waals surface area contributed by atoms with Crippen LogP contribution in [0, 0.1) is 0 Å². The molecule has 1 heterocycles. The van der Waals surface area contributed by atoms with E-state index in [0.717, 1.165) is 5.75 Å². The van der Waals surface area contributed by atoms with E-state index in [9.17, 15) is 0 Å². The molecule has 0 saturated heterocycles. The zero-order chi connectivity index (χ0) is 13.7. The summed E-state index contributed by atoms with van der Waals surface area (Å²) < 4.78 is 6.31. The molecule has 1 aliphatic carbocycles. The summed E-state index contributed by atoms with van der Waals surface area (Å²) in [5.41, 5.74) is 4.20. The lowest BCUT2D eigenvalue weighted by Crippen LogP contribution is -2.28. The molecule has 0 bridgehead atoms. The highest BCUT2D eigenvalue weighted by atomic mass is 16.5. The average molecular weight is 264 g/mol. The highest BCUT2D eigenvalue weighted by molar-refractivity contribution is 5.96. The zero-order valence-corrected chi connectivity index (χ0v) is 12.2. The molecule has 0 fully saturated rings. The fourth-order valence-electron chi connectivity index (χ4n) is 3.59. The van der Waals surface area contributed by atoms with Gasteiger partial charge in [0.1, 0.15) is 11.4 Å². The molecule has 0 unspecified atom stereocenters. The van der Waals surface area contributed by atoms with Crippen LogP contribution in [0.5, 0.6) is 5.75 Å². The van der Waals surface area contributed by atoms with Crippen molar-refractivity contribution in [3.8, 4) is 5.75 Å². The van der Waals surface area contributed by atoms with Crippen LogP contribution in [0.25, 0.3) is 16.8 Å². The van der Waals surface area contributed by atoms with E-state index in [4.69, 9.17) is 4.74 Å². The van der Waals surface area contributed by atoms with E-state index in [1.54, 1.807) is 5.56 Å². The van der Waals surface area contributed by atoms with Crippen molar-refractivity contribution in [2.45, 2.75) is 45.1 Å². The second-order valence-corrected chi connectivity index (χ2v) is 6.49. The first-order valence-corrected chi connectivity index (χ1v) is 7.60. The molecule has 0 amide bonds. The van der Waals surface area contributed by atoms with Gasteiger partial charge in [-0.15, -0.1) is 0 Å². The van der Waals surface area contributed by atoms with Gasteiger partial charge >= 0.3 is 0 Å². The summed E-state index contributed by atoms with van der Waals surface area (Å²) in [4.78, 5) is 0. The molecule has 0 N–H and O–H groups in total. The highest BCUT2D eigenvalue weighted by Gasteiger charge is 2.28. The van der Waals surface area contributed by atoms with Crippen molar-refractivity contribution in [2.24, 2.45) is 0 Å². The quantitative estimate of drug-likeness (QED) is 0.657. The number of hydrogen-bond donors (Lipinski definition) is 0. The number of hydrogen-bond acceptors (Lipinski definition) is 1. The number of ether oxygens (including phenoxy) is 1. The molecular formula is C19H20O. The first-order chi connectivity index (χ1) is 9.66. The molecule has 1 heteroatoms. The molecule has 4 rings (SSSR count). The summed E-state index contributed by atoms with van der Waals surface area (Å²) in [6.07, 6.45) is 9.49. The predicted molar refractivity (Wildman–Crippen MR) is 84.3 cm³/mol. The SMILES string of the molecule is CC1(C)C=Cc2c3c(c4ccccc4c2O1)CCCC3. The third-order valence-corrected chi connectivity index (χ3v) is 4.55. The minimum absolute atomic E-state index is 0.210. The van der Waals surface area contributed by atoms with Crippen LogP contribution in [0.4, 0.5) is 0 Å². The molecule has 0 radical (unpaired) electrons. The Kier molecular flexibility index (Phi) is 2.47. The summed E-state index contributed by atoms with van der Waals surface area (Å²) in [6.45, 7) is 4.25. The Morgan fingerprint density at radius 3 is 2.45 bits per heavy atom. The first-order valence-electron chi connectivity index (χ1n) is 7.60. The zero-order valence-electron chi connectivity index (χ0n) is 12.2. The van der Waals surface area contributed by atoms with E-state index in [1.165, 1.54) is 47.6 Å². The monoisotopic (exact) mass is 264 g/mol. The van der Waals surface area contributed by atoms with Gasteiger partial charge < -0.3 is 4.74 Å². The maximum atomic E-state index is 6.31. The number of aryl methyl sites for hydroxylation is 1. The van der Waals surface area contributed by atoms with Crippen LogP contribution in [0.3, 0.4) is 0 Å². The average Bonchev–Trinajstić information content (AvgIpc) is 2.46. The molecule has 2 aliphatic rings. The van der Waals surface area contributed by atoms with Crippen LogP contribution in [-0.2, 0) is 12.8 Å². The van der Waals surface area contributed by atoms with Crippen LogP contribution < -0.4 is 4.74 Å². The van der Waals surface area contributed by atoms with Gasteiger partial charge in [0.15, 0.2) is 0 Å². The third-order valence-electron chi connectivity index (χ3n) is 4.55. The van der Waals surface area contributed by atoms with Gasteiger partial charge in [-0.05, 0) is 62.1 Å². The molecule has 2 aromatic carbocycles. The van der Waals surface area contributed by atoms with Crippen molar-refractivity contribution in [2.75, 3.05) is 0 Å². The second-order valence-electron chi connectivity index (χ2n) is 6.49. The van der Waals surface area contributed by atoms with E-state index in [1.807, 2.05) is 0 Å². The summed E-state index contributed by atoms with van der Waals surface area (Å²) in [5.74, 6) is 1.09. The van der Waals surface area contributed by atoms with Crippen LogP contribution in [0.1, 0.15) is 43.4 Å². The van der Waals surface area contributed by atoms with Gasteiger partial charge in [-0.2, -0.15) is 0 Å². The van der Waals surface area contributed by atoms with Gasteiger partial charge in [0.2, 0.25) is 0 Å². The summed E-state index contributed by atoms with van der Waals surface area (Å²) >= 11 is 0. The minimum atomic E-state index is -0.210. The topological polar surface area (TPSA) is 9.23 Å². The second kappa shape index (κ2) is 4.12. The first kappa shape index (κ1) is 12.0. The van der Waals surface area contributed by atoms with Crippen molar-refractivity contribution in [3.05, 3.63) is 47.0 Å². The Morgan fingerprint density at radius 2 is 1.65 bits per heavy atom. The van der Waals surface area contributed by atoms with Crippen molar-refractivity contribution in [1.29, 1.82) is 0 Å². The van der Waals surface area contributed by atoms with Gasteiger partial charge in [-0.25, -0.2) is 0 Å². The lowest BCUT2D eigenvalue weighted by molar-refractivity contribution is 0.161. The van der Waals surface area contributed by atoms with Gasteiger partial charge in [-0.1, -0.05) is 30.3 Å². The highest BCUT2D eigenvalue weighted by Crippen LogP contribution is 2.43. The molecule has 0 aromatic heterocycles. The molecule has 1 nitrogen and oxygen atoms in total. The number of fused-ring (bicyclic) bond motifs is 6. The Labute approximate surface area is 120 Å². The fourth-order valence-corrected chi connectivity index (χ4v) is 3.59. The lowest BCUT2D eigenvalue weighted by atomic mass is 9.82. The molecule has 0 saturated carbocycles. The van der Waals surface area contributed by atoms with Crippen LogP contribution in [0.2, 0.25) is 0 Å². The molecule has 2 aromatic rings. The summed E-state index contributed by atoms with van der Waals surface area (Å²) in [7, 11) is 0. The normalized spacial score (nSPS) is 19.3. The van der Waals surface area contributed by atoms with Crippen molar-refractivity contribution in [3.63, 3.8) is 0 Å². The van der Waals surface area contributed by atoms with E-state index < -0.39 is 0 Å². The smallest absolute Gasteiger partial charge is 0.135 e. The third kappa shape index (κ3) is 1.69. The fraction of sp³-hybridized carbons (Fsp3) is 0.368. The standard InChI is InChI=1S/C19H20O/c1-19(2)12-11-17-15-9-4-3-7-13(15)14-8-5-6-10-16(14)18(17)20-19/h5-6,8,10-12H,3-4,7,9H2,1-2H3. The molecule has 0 spiro atoms. The van der Waals surface area contributed by atoms with Gasteiger partial charge in [0.05, 0.1) is 0 Å².